The van der Waals surface area contributed by atoms with Crippen LogP contribution in [0.2, 0.25) is 0 Å². The summed E-state index contributed by atoms with van der Waals surface area (Å²) in [7, 11) is 3.17. The molecule has 0 radical (unpaired) electrons. The molecule has 1 saturated carbocycles. The van der Waals surface area contributed by atoms with Crippen molar-refractivity contribution < 1.29 is 24.2 Å². The number of benzene rings is 1. The van der Waals surface area contributed by atoms with Crippen LogP contribution in [0.1, 0.15) is 12.0 Å². The Hall–Kier alpha value is -2.50. The molecular formula is C19H23NO5. The van der Waals surface area contributed by atoms with Crippen LogP contribution in [0.25, 0.3) is 0 Å². The van der Waals surface area contributed by atoms with Crippen LogP contribution < -0.4 is 14.8 Å². The molecule has 1 aromatic carbocycles. The second-order valence-electron chi connectivity index (χ2n) is 6.57. The van der Waals surface area contributed by atoms with E-state index in [0.717, 1.165) is 12.0 Å². The number of carboxylic acids is 1. The minimum Gasteiger partial charge on any atom is -0.493 e. The van der Waals surface area contributed by atoms with E-state index >= 15 is 0 Å². The van der Waals surface area contributed by atoms with Crippen molar-refractivity contribution in [3.8, 4) is 11.5 Å². The summed E-state index contributed by atoms with van der Waals surface area (Å²) in [5.74, 6) is -0.754. The zero-order valence-electron chi connectivity index (χ0n) is 14.4. The van der Waals surface area contributed by atoms with Gasteiger partial charge >= 0.3 is 5.97 Å². The molecule has 4 atom stereocenters. The summed E-state index contributed by atoms with van der Waals surface area (Å²) in [5, 5.41) is 12.3. The van der Waals surface area contributed by atoms with Crippen molar-refractivity contribution >= 4 is 11.9 Å². The maximum absolute atomic E-state index is 12.5. The Kier molecular flexibility index (Phi) is 4.97. The van der Waals surface area contributed by atoms with Gasteiger partial charge in [0.2, 0.25) is 5.91 Å². The van der Waals surface area contributed by atoms with E-state index in [-0.39, 0.29) is 17.7 Å². The highest BCUT2D eigenvalue weighted by atomic mass is 16.5. The number of hydrogen-bond donors (Lipinski definition) is 2. The Morgan fingerprint density at radius 1 is 1.12 bits per heavy atom. The second kappa shape index (κ2) is 7.17. The maximum Gasteiger partial charge on any atom is 0.307 e. The molecule has 2 aliphatic carbocycles. The highest BCUT2D eigenvalue weighted by Crippen LogP contribution is 2.48. The van der Waals surface area contributed by atoms with Crippen LogP contribution >= 0.6 is 0 Å². The largest absolute Gasteiger partial charge is 0.493 e. The van der Waals surface area contributed by atoms with E-state index in [0.29, 0.717) is 24.5 Å². The molecule has 2 aliphatic rings. The number of allylic oxidation sites excluding steroid dienone is 2. The first kappa shape index (κ1) is 17.3. The van der Waals surface area contributed by atoms with Crippen molar-refractivity contribution in [3.05, 3.63) is 35.9 Å². The van der Waals surface area contributed by atoms with Gasteiger partial charge in [0.15, 0.2) is 11.5 Å². The first-order valence-electron chi connectivity index (χ1n) is 8.45. The third-order valence-electron chi connectivity index (χ3n) is 5.21. The Balaban J connectivity index is 1.58. The molecule has 0 unspecified atom stereocenters. The SMILES string of the molecule is COc1ccc(CCNC(=O)[C@@H]2[C@@H](C(=O)O)[C@H]3C=C[C@H]2C3)cc1OC. The van der Waals surface area contributed by atoms with Crippen LogP contribution in [0.3, 0.4) is 0 Å². The molecule has 6 nitrogen and oxygen atoms in total. The van der Waals surface area contributed by atoms with Crippen molar-refractivity contribution in [3.63, 3.8) is 0 Å². The van der Waals surface area contributed by atoms with Crippen LogP contribution in [0, 0.1) is 23.7 Å². The predicted molar refractivity (Wildman–Crippen MR) is 91.6 cm³/mol. The smallest absolute Gasteiger partial charge is 0.307 e. The first-order chi connectivity index (χ1) is 12.0. The molecule has 0 aromatic heterocycles. The number of amides is 1. The van der Waals surface area contributed by atoms with E-state index in [1.54, 1.807) is 14.2 Å². The molecule has 1 aromatic rings. The van der Waals surface area contributed by atoms with Crippen LogP contribution in [0.15, 0.2) is 30.4 Å². The summed E-state index contributed by atoms with van der Waals surface area (Å²) in [6.07, 6.45) is 5.34. The minimum absolute atomic E-state index is 0.0101. The lowest BCUT2D eigenvalue weighted by atomic mass is 9.82. The number of ether oxygens (including phenoxy) is 2. The van der Waals surface area contributed by atoms with Gasteiger partial charge in [-0.2, -0.15) is 0 Å². The van der Waals surface area contributed by atoms with E-state index in [1.807, 2.05) is 30.4 Å². The lowest BCUT2D eigenvalue weighted by molar-refractivity contribution is -0.147. The summed E-state index contributed by atoms with van der Waals surface area (Å²) < 4.78 is 10.5. The van der Waals surface area contributed by atoms with E-state index < -0.39 is 17.8 Å². The summed E-state index contributed by atoms with van der Waals surface area (Å²) >= 11 is 0. The average Bonchev–Trinajstić information content (AvgIpc) is 3.22. The molecule has 0 saturated heterocycles. The lowest BCUT2D eigenvalue weighted by Gasteiger charge is -2.23. The Morgan fingerprint density at radius 3 is 2.44 bits per heavy atom. The van der Waals surface area contributed by atoms with Crippen LogP contribution in [-0.4, -0.2) is 37.7 Å². The third-order valence-corrected chi connectivity index (χ3v) is 5.21. The molecule has 2 N–H and O–H groups in total. The summed E-state index contributed by atoms with van der Waals surface area (Å²) in [4.78, 5) is 24.0. The topological polar surface area (TPSA) is 84.9 Å². The molecule has 1 fully saturated rings. The van der Waals surface area contributed by atoms with Crippen molar-refractivity contribution in [1.29, 1.82) is 0 Å². The Bertz CT molecular complexity index is 699. The predicted octanol–water partition coefficient (Wildman–Crippen LogP) is 1.89. The number of rotatable bonds is 7. The van der Waals surface area contributed by atoms with Gasteiger partial charge < -0.3 is 19.9 Å². The van der Waals surface area contributed by atoms with Gasteiger partial charge in [0.25, 0.3) is 0 Å². The van der Waals surface area contributed by atoms with Crippen molar-refractivity contribution in [2.24, 2.45) is 23.7 Å². The summed E-state index contributed by atoms with van der Waals surface area (Å²) in [5.41, 5.74) is 1.01. The average molecular weight is 345 g/mol. The molecular weight excluding hydrogens is 322 g/mol. The fraction of sp³-hybridized carbons (Fsp3) is 0.474. The second-order valence-corrected chi connectivity index (χ2v) is 6.57. The van der Waals surface area contributed by atoms with Crippen molar-refractivity contribution in [1.82, 2.24) is 5.32 Å². The van der Waals surface area contributed by atoms with Gasteiger partial charge in [-0.15, -0.1) is 0 Å². The molecule has 6 heteroatoms. The van der Waals surface area contributed by atoms with Gasteiger partial charge in [-0.05, 0) is 42.4 Å². The fourth-order valence-electron chi connectivity index (χ4n) is 4.00. The number of methoxy groups -OCH3 is 2. The highest BCUT2D eigenvalue weighted by molar-refractivity contribution is 5.86. The number of carboxylic acid groups (broad SMARTS) is 1. The van der Waals surface area contributed by atoms with E-state index in [1.165, 1.54) is 0 Å². The molecule has 0 heterocycles. The van der Waals surface area contributed by atoms with Crippen molar-refractivity contribution in [2.75, 3.05) is 20.8 Å². The minimum atomic E-state index is -0.878. The van der Waals surface area contributed by atoms with E-state index in [4.69, 9.17) is 9.47 Å². The zero-order valence-corrected chi connectivity index (χ0v) is 14.4. The van der Waals surface area contributed by atoms with E-state index in [9.17, 15) is 14.7 Å². The third kappa shape index (κ3) is 3.34. The lowest BCUT2D eigenvalue weighted by Crippen LogP contribution is -2.40. The monoisotopic (exact) mass is 345 g/mol. The van der Waals surface area contributed by atoms with Gasteiger partial charge in [0.1, 0.15) is 0 Å². The number of nitrogens with one attached hydrogen (secondary N) is 1. The highest BCUT2D eigenvalue weighted by Gasteiger charge is 2.51. The molecule has 0 spiro atoms. The van der Waals surface area contributed by atoms with Crippen LogP contribution in [-0.2, 0) is 16.0 Å². The van der Waals surface area contributed by atoms with Gasteiger partial charge in [0, 0.05) is 6.54 Å². The maximum atomic E-state index is 12.5. The normalized spacial score (nSPS) is 26.5. The van der Waals surface area contributed by atoms with Crippen LogP contribution in [0.5, 0.6) is 11.5 Å². The molecule has 3 rings (SSSR count). The summed E-state index contributed by atoms with van der Waals surface area (Å²) in [6, 6.07) is 5.64. The molecule has 2 bridgehead atoms. The summed E-state index contributed by atoms with van der Waals surface area (Å²) in [6.45, 7) is 0.457. The van der Waals surface area contributed by atoms with Gasteiger partial charge in [-0.25, -0.2) is 0 Å². The van der Waals surface area contributed by atoms with Crippen LogP contribution in [0.4, 0.5) is 0 Å². The van der Waals surface area contributed by atoms with Crippen molar-refractivity contribution in [2.45, 2.75) is 12.8 Å². The molecule has 1 amide bonds. The molecule has 0 aliphatic heterocycles. The Labute approximate surface area is 146 Å². The first-order valence-corrected chi connectivity index (χ1v) is 8.45. The quantitative estimate of drug-likeness (QED) is 0.737. The number of aliphatic carboxylic acids is 1. The standard InChI is InChI=1S/C19H23NO5/c1-24-14-6-3-11(9-15(14)25-2)7-8-20-18(21)16-12-4-5-13(10-12)17(16)19(22)23/h3-6,9,12-13,16-17H,7-8,10H2,1-2H3,(H,20,21)(H,22,23)/t12-,13-,16-,17-/m0/s1. The van der Waals surface area contributed by atoms with Gasteiger partial charge in [-0.1, -0.05) is 18.2 Å². The number of carbonyl (C=O) groups is 2. The number of fused-ring (bicyclic) bond motifs is 2. The van der Waals surface area contributed by atoms with Gasteiger partial charge in [-0.3, -0.25) is 9.59 Å². The van der Waals surface area contributed by atoms with E-state index in [2.05, 4.69) is 5.32 Å². The van der Waals surface area contributed by atoms with Gasteiger partial charge in [0.05, 0.1) is 26.1 Å². The molecule has 25 heavy (non-hydrogen) atoms. The number of carbonyl (C=O) groups excluding carboxylic acids is 1. The molecule has 134 valence electrons. The Morgan fingerprint density at radius 2 is 1.80 bits per heavy atom. The fourth-order valence-corrected chi connectivity index (χ4v) is 4.00. The number of hydrogen-bond acceptors (Lipinski definition) is 4. The zero-order chi connectivity index (χ0) is 18.0.